The largest absolute Gasteiger partial charge is 0.493 e. The maximum atomic E-state index is 11.0. The van der Waals surface area contributed by atoms with E-state index in [1.807, 2.05) is 13.8 Å². The topological polar surface area (TPSA) is 65.0 Å². The summed E-state index contributed by atoms with van der Waals surface area (Å²) in [4.78, 5) is 11.0. The first kappa shape index (κ1) is 15.9. The third-order valence-electron chi connectivity index (χ3n) is 3.44. The molecule has 6 heteroatoms. The highest BCUT2D eigenvalue weighted by molar-refractivity contribution is 6.32. The molecule has 116 valence electrons. The summed E-state index contributed by atoms with van der Waals surface area (Å²) in [5, 5.41) is 9.22. The van der Waals surface area contributed by atoms with Crippen molar-refractivity contribution >= 4 is 17.6 Å². The Balaban J connectivity index is 2.11. The van der Waals surface area contributed by atoms with E-state index in [0.717, 1.165) is 12.8 Å². The highest BCUT2D eigenvalue weighted by Crippen LogP contribution is 2.37. The van der Waals surface area contributed by atoms with Gasteiger partial charge in [0.15, 0.2) is 11.5 Å². The molecule has 0 spiro atoms. The predicted octanol–water partition coefficient (Wildman–Crippen LogP) is 3.38. The van der Waals surface area contributed by atoms with Crippen molar-refractivity contribution in [2.45, 2.75) is 38.4 Å². The molecule has 1 aliphatic heterocycles. The number of benzene rings is 1. The standard InChI is InChI=1S/C15H19ClO5/c1-15(2)5-4-10(21-15)8-20-13-11(16)6-9(14(17)18)7-12(13)19-3/h6-7,10H,4-5,8H2,1-3H3,(H,17,18). The Morgan fingerprint density at radius 2 is 2.24 bits per heavy atom. The number of halogens is 1. The molecule has 0 saturated carbocycles. The third kappa shape index (κ3) is 3.80. The SMILES string of the molecule is COc1cc(C(=O)O)cc(Cl)c1OCC1CCC(C)(C)O1. The average molecular weight is 315 g/mol. The fraction of sp³-hybridized carbons (Fsp3) is 0.533. The molecule has 0 radical (unpaired) electrons. The van der Waals surface area contributed by atoms with Gasteiger partial charge >= 0.3 is 5.97 Å². The van der Waals surface area contributed by atoms with Gasteiger partial charge < -0.3 is 19.3 Å². The quantitative estimate of drug-likeness (QED) is 0.902. The van der Waals surface area contributed by atoms with Crippen LogP contribution in [-0.2, 0) is 4.74 Å². The second-order valence-electron chi connectivity index (χ2n) is 5.64. The molecule has 21 heavy (non-hydrogen) atoms. The van der Waals surface area contributed by atoms with Crippen LogP contribution < -0.4 is 9.47 Å². The highest BCUT2D eigenvalue weighted by Gasteiger charge is 2.32. The zero-order chi connectivity index (χ0) is 15.6. The Kier molecular flexibility index (Phi) is 4.64. The first-order valence-electron chi connectivity index (χ1n) is 6.74. The number of aromatic carboxylic acids is 1. The lowest BCUT2D eigenvalue weighted by atomic mass is 10.1. The maximum absolute atomic E-state index is 11.0. The minimum Gasteiger partial charge on any atom is -0.493 e. The molecule has 1 atom stereocenters. The molecule has 1 unspecified atom stereocenters. The summed E-state index contributed by atoms with van der Waals surface area (Å²) in [6.07, 6.45) is 1.89. The molecule has 0 aliphatic carbocycles. The minimum atomic E-state index is -1.07. The zero-order valence-electron chi connectivity index (χ0n) is 12.3. The van der Waals surface area contributed by atoms with Crippen LogP contribution in [-0.4, -0.2) is 36.5 Å². The van der Waals surface area contributed by atoms with Crippen molar-refractivity contribution in [2.24, 2.45) is 0 Å². The van der Waals surface area contributed by atoms with Gasteiger partial charge in [0.25, 0.3) is 0 Å². The summed E-state index contributed by atoms with van der Waals surface area (Å²) in [7, 11) is 1.44. The lowest BCUT2D eigenvalue weighted by molar-refractivity contribution is -0.0328. The van der Waals surface area contributed by atoms with Crippen molar-refractivity contribution in [2.75, 3.05) is 13.7 Å². The lowest BCUT2D eigenvalue weighted by Crippen LogP contribution is -2.24. The molecule has 1 fully saturated rings. The molecule has 1 saturated heterocycles. The van der Waals surface area contributed by atoms with E-state index in [1.54, 1.807) is 0 Å². The van der Waals surface area contributed by atoms with Gasteiger partial charge in [0.05, 0.1) is 29.4 Å². The van der Waals surface area contributed by atoms with Crippen LogP contribution in [0.25, 0.3) is 0 Å². The van der Waals surface area contributed by atoms with Gasteiger partial charge in [-0.3, -0.25) is 0 Å². The van der Waals surface area contributed by atoms with Crippen LogP contribution in [0.5, 0.6) is 11.5 Å². The summed E-state index contributed by atoms with van der Waals surface area (Å²) in [6, 6.07) is 2.74. The summed E-state index contributed by atoms with van der Waals surface area (Å²) in [5.41, 5.74) is -0.0721. The van der Waals surface area contributed by atoms with Crippen LogP contribution in [0.4, 0.5) is 0 Å². The number of ether oxygens (including phenoxy) is 3. The van der Waals surface area contributed by atoms with Crippen LogP contribution >= 0.6 is 11.6 Å². The fourth-order valence-electron chi connectivity index (χ4n) is 2.35. The number of carbonyl (C=O) groups is 1. The molecule has 1 aromatic rings. The number of carboxylic acid groups (broad SMARTS) is 1. The van der Waals surface area contributed by atoms with Gasteiger partial charge in [0.2, 0.25) is 0 Å². The fourth-order valence-corrected chi connectivity index (χ4v) is 2.62. The van der Waals surface area contributed by atoms with Crippen molar-refractivity contribution < 1.29 is 24.1 Å². The van der Waals surface area contributed by atoms with Gasteiger partial charge in [-0.2, -0.15) is 0 Å². The van der Waals surface area contributed by atoms with Crippen molar-refractivity contribution in [1.82, 2.24) is 0 Å². The Morgan fingerprint density at radius 3 is 2.76 bits per heavy atom. The monoisotopic (exact) mass is 314 g/mol. The van der Waals surface area contributed by atoms with Gasteiger partial charge in [0.1, 0.15) is 6.61 Å². The minimum absolute atomic E-state index is 0.0000712. The molecule has 1 aromatic carbocycles. The molecular formula is C15H19ClO5. The van der Waals surface area contributed by atoms with E-state index in [0.29, 0.717) is 18.1 Å². The van der Waals surface area contributed by atoms with Crippen LogP contribution in [0.2, 0.25) is 5.02 Å². The average Bonchev–Trinajstić information content (AvgIpc) is 2.75. The molecule has 0 amide bonds. The van der Waals surface area contributed by atoms with E-state index < -0.39 is 5.97 Å². The lowest BCUT2D eigenvalue weighted by Gasteiger charge is -2.20. The Labute approximate surface area is 128 Å². The second kappa shape index (κ2) is 6.12. The Hall–Kier alpha value is -1.46. The van der Waals surface area contributed by atoms with Gasteiger partial charge in [0, 0.05) is 0 Å². The molecule has 0 aromatic heterocycles. The first-order valence-corrected chi connectivity index (χ1v) is 7.11. The van der Waals surface area contributed by atoms with E-state index in [9.17, 15) is 4.79 Å². The van der Waals surface area contributed by atoms with Crippen molar-refractivity contribution in [1.29, 1.82) is 0 Å². The van der Waals surface area contributed by atoms with Crippen LogP contribution in [0.15, 0.2) is 12.1 Å². The van der Waals surface area contributed by atoms with Gasteiger partial charge in [-0.05, 0) is 38.8 Å². The highest BCUT2D eigenvalue weighted by atomic mass is 35.5. The first-order chi connectivity index (χ1) is 9.82. The predicted molar refractivity (Wildman–Crippen MR) is 78.6 cm³/mol. The Morgan fingerprint density at radius 1 is 1.52 bits per heavy atom. The summed E-state index contributed by atoms with van der Waals surface area (Å²) in [6.45, 7) is 4.44. The third-order valence-corrected chi connectivity index (χ3v) is 3.72. The van der Waals surface area contributed by atoms with Gasteiger partial charge in [-0.25, -0.2) is 4.79 Å². The molecule has 1 aliphatic rings. The van der Waals surface area contributed by atoms with E-state index in [4.69, 9.17) is 30.9 Å². The molecule has 1 heterocycles. The maximum Gasteiger partial charge on any atom is 0.335 e. The molecule has 0 bridgehead atoms. The summed E-state index contributed by atoms with van der Waals surface area (Å²) < 4.78 is 16.7. The van der Waals surface area contributed by atoms with Crippen LogP contribution in [0.1, 0.15) is 37.0 Å². The second-order valence-corrected chi connectivity index (χ2v) is 6.05. The van der Waals surface area contributed by atoms with Gasteiger partial charge in [-0.1, -0.05) is 11.6 Å². The molecular weight excluding hydrogens is 296 g/mol. The molecule has 5 nitrogen and oxygen atoms in total. The molecule has 2 rings (SSSR count). The number of rotatable bonds is 5. The van der Waals surface area contributed by atoms with Crippen molar-refractivity contribution in [3.63, 3.8) is 0 Å². The Bertz CT molecular complexity index is 541. The normalized spacial score (nSPS) is 20.3. The zero-order valence-corrected chi connectivity index (χ0v) is 13.1. The summed E-state index contributed by atoms with van der Waals surface area (Å²) >= 11 is 6.09. The van der Waals surface area contributed by atoms with Crippen molar-refractivity contribution in [3.8, 4) is 11.5 Å². The summed E-state index contributed by atoms with van der Waals surface area (Å²) in [5.74, 6) is -0.419. The van der Waals surface area contributed by atoms with E-state index in [2.05, 4.69) is 0 Å². The van der Waals surface area contributed by atoms with Gasteiger partial charge in [-0.15, -0.1) is 0 Å². The van der Waals surface area contributed by atoms with Crippen LogP contribution in [0.3, 0.4) is 0 Å². The van der Waals surface area contributed by atoms with E-state index in [1.165, 1.54) is 19.2 Å². The van der Waals surface area contributed by atoms with Crippen molar-refractivity contribution in [3.05, 3.63) is 22.7 Å². The smallest absolute Gasteiger partial charge is 0.335 e. The van der Waals surface area contributed by atoms with Crippen LogP contribution in [0, 0.1) is 0 Å². The molecule has 1 N–H and O–H groups in total. The number of hydrogen-bond donors (Lipinski definition) is 1. The van der Waals surface area contributed by atoms with E-state index in [-0.39, 0.29) is 22.3 Å². The number of hydrogen-bond acceptors (Lipinski definition) is 4. The van der Waals surface area contributed by atoms with E-state index >= 15 is 0 Å². The number of carboxylic acids is 1. The number of methoxy groups -OCH3 is 1.